The minimum absolute atomic E-state index is 0.0377. The van der Waals surface area contributed by atoms with Crippen LogP contribution in [0.5, 0.6) is 0 Å². The molecule has 1 aromatic heterocycles. The maximum atomic E-state index is 13.0. The van der Waals surface area contributed by atoms with Gasteiger partial charge in [-0.05, 0) is 19.4 Å². The highest BCUT2D eigenvalue weighted by Gasteiger charge is 2.54. The molecule has 3 aliphatic heterocycles. The van der Waals surface area contributed by atoms with Gasteiger partial charge in [-0.3, -0.25) is 19.9 Å². The van der Waals surface area contributed by atoms with E-state index in [2.05, 4.69) is 24.8 Å². The number of carboxylic acids is 1. The van der Waals surface area contributed by atoms with E-state index in [0.29, 0.717) is 29.3 Å². The second-order valence-electron chi connectivity index (χ2n) is 8.11. The molecule has 1 aromatic rings. The number of anilines is 1. The predicted molar refractivity (Wildman–Crippen MR) is 145 cm³/mol. The highest BCUT2D eigenvalue weighted by Crippen LogP contribution is 2.41. The Morgan fingerprint density at radius 2 is 2.16 bits per heavy atom. The average molecular weight is 583 g/mol. The lowest BCUT2D eigenvalue weighted by Crippen LogP contribution is -2.71. The summed E-state index contributed by atoms with van der Waals surface area (Å²) in [5.41, 5.74) is 11.9. The van der Waals surface area contributed by atoms with Crippen molar-refractivity contribution >= 4 is 74.7 Å². The number of nitrogens with two attached hydrogens (primary N) is 2. The second kappa shape index (κ2) is 11.7. The maximum absolute atomic E-state index is 13.0. The van der Waals surface area contributed by atoms with Crippen molar-refractivity contribution in [3.05, 3.63) is 17.1 Å². The van der Waals surface area contributed by atoms with Crippen LogP contribution in [-0.4, -0.2) is 101 Å². The van der Waals surface area contributed by atoms with Crippen LogP contribution in [0.15, 0.2) is 21.4 Å². The van der Waals surface area contributed by atoms with E-state index in [1.165, 1.54) is 28.4 Å². The van der Waals surface area contributed by atoms with Gasteiger partial charge in [0.05, 0.1) is 11.2 Å². The first-order valence-electron chi connectivity index (χ1n) is 11.5. The number of aromatic nitrogens is 2. The number of carbonyl (C=O) groups is 3. The Balaban J connectivity index is 1.47. The lowest BCUT2D eigenvalue weighted by molar-refractivity contribution is -0.150. The first-order chi connectivity index (χ1) is 18.2. The molecule has 7 N–H and O–H groups in total. The van der Waals surface area contributed by atoms with Gasteiger partial charge < -0.3 is 31.6 Å². The summed E-state index contributed by atoms with van der Waals surface area (Å²) in [5, 5.41) is 24.5. The molecule has 18 heteroatoms. The standard InChI is InChI=1S/C20H26N10O5S3/c1-3-29-9(21)5-10(24-19(29)22)36-6-8-7-37-17-12(16(32)30(17)13(8)18(33)34)25-15(31)11(27-35-4-2)14-26-20(23)38-28-14/h9,12,17,22H,3-7,21H2,1-2H3,(H,25,31)(H,33,34)(H2,23,26,28)/t9?,12-,17-/m1/s1. The Kier molecular flexibility index (Phi) is 8.54. The molecule has 1 unspecified atom stereocenters. The molecule has 3 atom stereocenters. The number of hydrogen-bond acceptors (Lipinski definition) is 13. The van der Waals surface area contributed by atoms with Crippen molar-refractivity contribution in [2.24, 2.45) is 15.9 Å². The summed E-state index contributed by atoms with van der Waals surface area (Å²) in [5.74, 6) is -1.91. The molecule has 4 rings (SSSR count). The Morgan fingerprint density at radius 3 is 2.76 bits per heavy atom. The van der Waals surface area contributed by atoms with Gasteiger partial charge >= 0.3 is 5.97 Å². The van der Waals surface area contributed by atoms with Crippen molar-refractivity contribution in [3.63, 3.8) is 0 Å². The number of amides is 2. The number of nitrogens with zero attached hydrogens (tertiary/aromatic N) is 6. The number of β-lactam (4-membered cyclic amide) rings is 1. The van der Waals surface area contributed by atoms with Gasteiger partial charge in [0.1, 0.15) is 23.7 Å². The minimum Gasteiger partial charge on any atom is -0.477 e. The zero-order valence-corrected chi connectivity index (χ0v) is 22.9. The smallest absolute Gasteiger partial charge is 0.352 e. The molecule has 0 radical (unpaired) electrons. The van der Waals surface area contributed by atoms with Crippen LogP contribution in [0, 0.1) is 5.41 Å². The topological polar surface area (TPSA) is 226 Å². The molecule has 0 aliphatic carbocycles. The molecule has 0 aromatic carbocycles. The second-order valence-corrected chi connectivity index (χ2v) is 11.0. The molecular weight excluding hydrogens is 556 g/mol. The molecule has 0 bridgehead atoms. The van der Waals surface area contributed by atoms with Gasteiger partial charge in [0.2, 0.25) is 17.5 Å². The molecule has 38 heavy (non-hydrogen) atoms. The third-order valence-corrected chi connectivity index (χ3v) is 8.70. The van der Waals surface area contributed by atoms with Crippen LogP contribution in [0.4, 0.5) is 5.13 Å². The highest BCUT2D eigenvalue weighted by molar-refractivity contribution is 8.14. The summed E-state index contributed by atoms with van der Waals surface area (Å²) in [6.45, 7) is 4.33. The van der Waals surface area contributed by atoms with E-state index in [1.54, 1.807) is 11.8 Å². The summed E-state index contributed by atoms with van der Waals surface area (Å²) < 4.78 is 3.98. The molecule has 0 saturated carbocycles. The van der Waals surface area contributed by atoms with E-state index >= 15 is 0 Å². The number of hydrogen-bond donors (Lipinski definition) is 5. The van der Waals surface area contributed by atoms with E-state index in [9.17, 15) is 19.5 Å². The predicted octanol–water partition coefficient (Wildman–Crippen LogP) is -0.324. The van der Waals surface area contributed by atoms with Crippen molar-refractivity contribution < 1.29 is 24.3 Å². The largest absolute Gasteiger partial charge is 0.477 e. The number of aliphatic carboxylic acids is 1. The van der Waals surface area contributed by atoms with Gasteiger partial charge in [0, 0.05) is 36.0 Å². The molecule has 3 aliphatic rings. The highest BCUT2D eigenvalue weighted by atomic mass is 32.2. The molecule has 4 heterocycles. The number of nitrogen functional groups attached to an aromatic ring is 1. The van der Waals surface area contributed by atoms with Crippen LogP contribution in [-0.2, 0) is 19.2 Å². The Bertz CT molecular complexity index is 1250. The van der Waals surface area contributed by atoms with Crippen LogP contribution < -0.4 is 16.8 Å². The molecule has 15 nitrogen and oxygen atoms in total. The number of carbonyl (C=O) groups excluding carboxylic acids is 2. The number of thioether (sulfide) groups is 2. The Morgan fingerprint density at radius 1 is 1.39 bits per heavy atom. The van der Waals surface area contributed by atoms with E-state index in [4.69, 9.17) is 21.7 Å². The van der Waals surface area contributed by atoms with Crippen LogP contribution in [0.3, 0.4) is 0 Å². The van der Waals surface area contributed by atoms with Crippen molar-refractivity contribution in [2.75, 3.05) is 30.4 Å². The number of nitrogens with one attached hydrogen (secondary N) is 2. The summed E-state index contributed by atoms with van der Waals surface area (Å²) in [6.07, 6.45) is 0.0627. The minimum atomic E-state index is -1.24. The SMILES string of the molecule is CCON=C(C(=O)N[C@@H]1C(=O)N2C(C(=O)O)=C(CSC3=NC(=N)N(CC)C(N)C3)CS[C@H]12)c1nsc(N)n1. The molecular formula is C20H26N10O5S3. The van der Waals surface area contributed by atoms with E-state index in [1.807, 2.05) is 6.92 Å². The average Bonchev–Trinajstić information content (AvgIpc) is 3.31. The lowest BCUT2D eigenvalue weighted by atomic mass is 10.0. The normalized spacial score (nSPS) is 23.6. The van der Waals surface area contributed by atoms with E-state index in [0.717, 1.165) is 11.5 Å². The fourth-order valence-electron chi connectivity index (χ4n) is 3.97. The van der Waals surface area contributed by atoms with Crippen molar-refractivity contribution in [2.45, 2.75) is 37.8 Å². The van der Waals surface area contributed by atoms with E-state index < -0.39 is 29.2 Å². The number of aliphatic imine (C=N–C) groups is 1. The maximum Gasteiger partial charge on any atom is 0.352 e. The van der Waals surface area contributed by atoms with Gasteiger partial charge in [-0.2, -0.15) is 9.36 Å². The third kappa shape index (κ3) is 5.47. The van der Waals surface area contributed by atoms with Crippen molar-refractivity contribution in [1.29, 1.82) is 5.41 Å². The molecule has 2 amide bonds. The van der Waals surface area contributed by atoms with Crippen LogP contribution in [0.25, 0.3) is 0 Å². The fourth-order valence-corrected chi connectivity index (χ4v) is 6.90. The first-order valence-corrected chi connectivity index (χ1v) is 14.3. The van der Waals surface area contributed by atoms with Gasteiger partial charge in [-0.15, -0.1) is 23.5 Å². The summed E-state index contributed by atoms with van der Waals surface area (Å²) in [6, 6.07) is -0.972. The van der Waals surface area contributed by atoms with Gasteiger partial charge in [0.15, 0.2) is 5.13 Å². The number of rotatable bonds is 9. The zero-order chi connectivity index (χ0) is 27.6. The summed E-state index contributed by atoms with van der Waals surface area (Å²) in [7, 11) is 0. The molecule has 1 fully saturated rings. The number of carboxylic acid groups (broad SMARTS) is 1. The van der Waals surface area contributed by atoms with Gasteiger partial charge in [-0.1, -0.05) is 5.16 Å². The van der Waals surface area contributed by atoms with Crippen LogP contribution in [0.1, 0.15) is 26.1 Å². The Labute approximate surface area is 229 Å². The Hall–Kier alpha value is -3.22. The monoisotopic (exact) mass is 582 g/mol. The molecule has 204 valence electrons. The van der Waals surface area contributed by atoms with E-state index in [-0.39, 0.29) is 46.8 Å². The number of oxime groups is 1. The van der Waals surface area contributed by atoms with Crippen LogP contribution >= 0.6 is 35.1 Å². The lowest BCUT2D eigenvalue weighted by Gasteiger charge is -2.49. The number of guanidine groups is 1. The third-order valence-electron chi connectivity index (χ3n) is 5.73. The van der Waals surface area contributed by atoms with Crippen LogP contribution in [0.2, 0.25) is 0 Å². The van der Waals surface area contributed by atoms with Gasteiger partial charge in [0.25, 0.3) is 11.8 Å². The quantitative estimate of drug-likeness (QED) is 0.143. The zero-order valence-electron chi connectivity index (χ0n) is 20.4. The molecule has 0 spiro atoms. The fraction of sp³-hybridized carbons (Fsp3) is 0.500. The number of fused-ring (bicyclic) bond motifs is 1. The van der Waals surface area contributed by atoms with Gasteiger partial charge in [-0.25, -0.2) is 9.79 Å². The molecule has 1 saturated heterocycles. The summed E-state index contributed by atoms with van der Waals surface area (Å²) in [4.78, 5) is 54.2. The van der Waals surface area contributed by atoms with Crippen molar-refractivity contribution in [1.82, 2.24) is 24.5 Å². The first kappa shape index (κ1) is 27.8. The van der Waals surface area contributed by atoms with Crippen molar-refractivity contribution in [3.8, 4) is 0 Å². The summed E-state index contributed by atoms with van der Waals surface area (Å²) >= 11 is 3.52.